The van der Waals surface area contributed by atoms with E-state index in [1.54, 1.807) is 0 Å². The Bertz CT molecular complexity index is 502. The van der Waals surface area contributed by atoms with Gasteiger partial charge in [-0.1, -0.05) is 6.07 Å². The Labute approximate surface area is 95.5 Å². The predicted molar refractivity (Wildman–Crippen MR) is 66.0 cm³/mol. The standard InChI is InChI=1S/C13H15N3/c1-8-9(2)15-7-11-10-5-4-6-14-13(10)16(3)12(8)11/h4-7,11-12H,1-3H3. The molecular weight excluding hydrogens is 198 g/mol. The van der Waals surface area contributed by atoms with Crippen molar-refractivity contribution in [1.29, 1.82) is 0 Å². The van der Waals surface area contributed by atoms with E-state index in [-0.39, 0.29) is 0 Å². The van der Waals surface area contributed by atoms with Gasteiger partial charge in [-0.2, -0.15) is 0 Å². The van der Waals surface area contributed by atoms with E-state index in [4.69, 9.17) is 0 Å². The molecule has 1 aromatic heterocycles. The fraction of sp³-hybridized carbons (Fsp3) is 0.385. The van der Waals surface area contributed by atoms with Gasteiger partial charge in [-0.05, 0) is 25.5 Å². The number of rotatable bonds is 0. The van der Waals surface area contributed by atoms with E-state index < -0.39 is 0 Å². The number of pyridine rings is 1. The minimum atomic E-state index is 0.373. The zero-order chi connectivity index (χ0) is 11.3. The van der Waals surface area contributed by atoms with Gasteiger partial charge >= 0.3 is 0 Å². The molecular formula is C13H15N3. The summed E-state index contributed by atoms with van der Waals surface area (Å²) >= 11 is 0. The van der Waals surface area contributed by atoms with Gasteiger partial charge < -0.3 is 4.90 Å². The highest BCUT2D eigenvalue weighted by Crippen LogP contribution is 2.42. The van der Waals surface area contributed by atoms with Gasteiger partial charge in [-0.3, -0.25) is 4.99 Å². The van der Waals surface area contributed by atoms with Crippen LogP contribution < -0.4 is 4.90 Å². The van der Waals surface area contributed by atoms with E-state index in [2.05, 4.69) is 48.1 Å². The maximum Gasteiger partial charge on any atom is 0.132 e. The molecule has 0 bridgehead atoms. The molecule has 0 aromatic carbocycles. The summed E-state index contributed by atoms with van der Waals surface area (Å²) in [4.78, 5) is 11.2. The SMILES string of the molecule is CC1=C(C)C2C(C=N1)c1cccnc1N2C. The van der Waals surface area contributed by atoms with E-state index in [0.717, 1.165) is 11.5 Å². The lowest BCUT2D eigenvalue weighted by Gasteiger charge is -2.28. The lowest BCUT2D eigenvalue weighted by Crippen LogP contribution is -2.34. The monoisotopic (exact) mass is 213 g/mol. The van der Waals surface area contributed by atoms with Crippen molar-refractivity contribution in [3.05, 3.63) is 35.2 Å². The Kier molecular flexibility index (Phi) is 1.90. The second-order valence-electron chi connectivity index (χ2n) is 4.54. The minimum Gasteiger partial charge on any atom is -0.352 e. The highest BCUT2D eigenvalue weighted by atomic mass is 15.2. The van der Waals surface area contributed by atoms with Crippen molar-refractivity contribution in [3.63, 3.8) is 0 Å². The number of allylic oxidation sites excluding steroid dienone is 1. The Morgan fingerprint density at radius 2 is 2.12 bits per heavy atom. The number of fused-ring (bicyclic) bond motifs is 3. The molecule has 82 valence electrons. The molecule has 2 aliphatic rings. The van der Waals surface area contributed by atoms with E-state index in [1.165, 1.54) is 11.1 Å². The molecule has 16 heavy (non-hydrogen) atoms. The first-order chi connectivity index (χ1) is 7.70. The zero-order valence-corrected chi connectivity index (χ0v) is 9.81. The lowest BCUT2D eigenvalue weighted by atomic mass is 9.89. The van der Waals surface area contributed by atoms with Gasteiger partial charge in [-0.25, -0.2) is 4.98 Å². The topological polar surface area (TPSA) is 28.5 Å². The zero-order valence-electron chi connectivity index (χ0n) is 9.81. The highest BCUT2D eigenvalue weighted by Gasteiger charge is 2.39. The van der Waals surface area contributed by atoms with Gasteiger partial charge in [0.25, 0.3) is 0 Å². The van der Waals surface area contributed by atoms with Crippen LogP contribution in [-0.2, 0) is 0 Å². The average molecular weight is 213 g/mol. The second kappa shape index (κ2) is 3.17. The van der Waals surface area contributed by atoms with Crippen LogP contribution in [0, 0.1) is 0 Å². The summed E-state index contributed by atoms with van der Waals surface area (Å²) in [6, 6.07) is 4.56. The lowest BCUT2D eigenvalue weighted by molar-refractivity contribution is 0.699. The van der Waals surface area contributed by atoms with Crippen LogP contribution in [0.3, 0.4) is 0 Å². The second-order valence-corrected chi connectivity index (χ2v) is 4.54. The van der Waals surface area contributed by atoms with Crippen molar-refractivity contribution in [2.24, 2.45) is 4.99 Å². The van der Waals surface area contributed by atoms with Crippen LogP contribution >= 0.6 is 0 Å². The summed E-state index contributed by atoms with van der Waals surface area (Å²) < 4.78 is 0. The van der Waals surface area contributed by atoms with Crippen LogP contribution in [0.5, 0.6) is 0 Å². The van der Waals surface area contributed by atoms with E-state index >= 15 is 0 Å². The van der Waals surface area contributed by atoms with Crippen molar-refractivity contribution in [3.8, 4) is 0 Å². The molecule has 0 spiro atoms. The number of hydrogen-bond acceptors (Lipinski definition) is 3. The maximum absolute atomic E-state index is 4.49. The van der Waals surface area contributed by atoms with Crippen LogP contribution in [0.25, 0.3) is 0 Å². The quantitative estimate of drug-likeness (QED) is 0.662. The van der Waals surface area contributed by atoms with Gasteiger partial charge in [0.15, 0.2) is 0 Å². The first kappa shape index (κ1) is 9.58. The van der Waals surface area contributed by atoms with Gasteiger partial charge in [0.1, 0.15) is 5.82 Å². The van der Waals surface area contributed by atoms with E-state index in [0.29, 0.717) is 12.0 Å². The summed E-state index contributed by atoms with van der Waals surface area (Å²) in [5.41, 5.74) is 3.79. The largest absolute Gasteiger partial charge is 0.352 e. The molecule has 0 amide bonds. The molecule has 2 aliphatic heterocycles. The highest BCUT2D eigenvalue weighted by molar-refractivity contribution is 5.80. The average Bonchev–Trinajstić information content (AvgIpc) is 2.59. The van der Waals surface area contributed by atoms with Gasteiger partial charge in [0.05, 0.1) is 6.04 Å². The van der Waals surface area contributed by atoms with Crippen molar-refractivity contribution >= 4 is 12.0 Å². The molecule has 1 aromatic rings. The first-order valence-electron chi connectivity index (χ1n) is 5.59. The minimum absolute atomic E-state index is 0.373. The van der Waals surface area contributed by atoms with E-state index in [9.17, 15) is 0 Å². The van der Waals surface area contributed by atoms with Gasteiger partial charge in [0.2, 0.25) is 0 Å². The molecule has 0 saturated heterocycles. The van der Waals surface area contributed by atoms with Crippen LogP contribution in [0.15, 0.2) is 34.6 Å². The Balaban J connectivity index is 2.17. The maximum atomic E-state index is 4.49. The predicted octanol–water partition coefficient (Wildman–Crippen LogP) is 2.36. The van der Waals surface area contributed by atoms with Crippen molar-refractivity contribution in [2.45, 2.75) is 25.8 Å². The number of hydrogen-bond donors (Lipinski definition) is 0. The van der Waals surface area contributed by atoms with Crippen LogP contribution in [0.1, 0.15) is 25.3 Å². The molecule has 0 saturated carbocycles. The molecule has 3 nitrogen and oxygen atoms in total. The number of aromatic nitrogens is 1. The Morgan fingerprint density at radius 3 is 2.94 bits per heavy atom. The van der Waals surface area contributed by atoms with E-state index in [1.807, 2.05) is 12.3 Å². The Hall–Kier alpha value is -1.64. The molecule has 3 heteroatoms. The summed E-state index contributed by atoms with van der Waals surface area (Å²) in [7, 11) is 2.12. The molecule has 2 unspecified atom stereocenters. The smallest absolute Gasteiger partial charge is 0.132 e. The first-order valence-corrected chi connectivity index (χ1v) is 5.59. The molecule has 3 rings (SSSR count). The van der Waals surface area contributed by atoms with Crippen LogP contribution in [0.2, 0.25) is 0 Å². The molecule has 3 heterocycles. The normalized spacial score (nSPS) is 27.1. The van der Waals surface area contributed by atoms with Crippen LogP contribution in [-0.4, -0.2) is 24.3 Å². The fourth-order valence-electron chi connectivity index (χ4n) is 2.74. The molecule has 0 N–H and O–H groups in total. The third-order valence-electron chi connectivity index (χ3n) is 3.71. The number of likely N-dealkylation sites (N-methyl/N-ethyl adjacent to an activating group) is 1. The fourth-order valence-corrected chi connectivity index (χ4v) is 2.74. The molecule has 0 fully saturated rings. The molecule has 2 atom stereocenters. The summed E-state index contributed by atoms with van der Waals surface area (Å²) in [6.45, 7) is 4.25. The third kappa shape index (κ3) is 1.08. The van der Waals surface area contributed by atoms with Crippen LogP contribution in [0.4, 0.5) is 5.82 Å². The number of nitrogens with zero attached hydrogens (tertiary/aromatic N) is 3. The van der Waals surface area contributed by atoms with Crippen molar-refractivity contribution in [2.75, 3.05) is 11.9 Å². The Morgan fingerprint density at radius 1 is 1.31 bits per heavy atom. The summed E-state index contributed by atoms with van der Waals surface area (Å²) in [5, 5.41) is 0. The molecule has 0 radical (unpaired) electrons. The van der Waals surface area contributed by atoms with Gasteiger partial charge in [-0.15, -0.1) is 0 Å². The van der Waals surface area contributed by atoms with Gasteiger partial charge in [0, 0.05) is 36.6 Å². The number of anilines is 1. The summed E-state index contributed by atoms with van der Waals surface area (Å²) in [6.07, 6.45) is 3.92. The molecule has 0 aliphatic carbocycles. The summed E-state index contributed by atoms with van der Waals surface area (Å²) in [5.74, 6) is 1.47. The van der Waals surface area contributed by atoms with Crippen molar-refractivity contribution < 1.29 is 0 Å². The van der Waals surface area contributed by atoms with Crippen molar-refractivity contribution in [1.82, 2.24) is 4.98 Å². The number of aliphatic imine (C=N–C) groups is 1. The third-order valence-corrected chi connectivity index (χ3v) is 3.71.